The summed E-state index contributed by atoms with van der Waals surface area (Å²) in [6.07, 6.45) is 8.96. The van der Waals surface area contributed by atoms with E-state index in [1.165, 1.54) is 57.3 Å². The van der Waals surface area contributed by atoms with Crippen LogP contribution in [-0.4, -0.2) is 65.5 Å². The normalized spacial score (nSPS) is 23.6. The molecule has 196 valence electrons. The van der Waals surface area contributed by atoms with Crippen LogP contribution < -0.4 is 10.1 Å². The van der Waals surface area contributed by atoms with E-state index in [4.69, 9.17) is 4.74 Å². The molecule has 4 heterocycles. The first kappa shape index (κ1) is 24.5. The molecule has 3 saturated heterocycles. The summed E-state index contributed by atoms with van der Waals surface area (Å²) >= 11 is 0. The van der Waals surface area contributed by atoms with Gasteiger partial charge in [0.25, 0.3) is 5.91 Å². The number of hydrogen-bond acceptors (Lipinski definition) is 4. The van der Waals surface area contributed by atoms with Gasteiger partial charge < -0.3 is 24.8 Å². The second kappa shape index (κ2) is 10.9. The number of aryl methyl sites for hydroxylation is 1. The number of hydrogen-bond donors (Lipinski definition) is 2. The third kappa shape index (κ3) is 5.55. The number of carbonyl (C=O) groups excluding carboxylic acids is 1. The Morgan fingerprint density at radius 3 is 2.62 bits per heavy atom. The summed E-state index contributed by atoms with van der Waals surface area (Å²) in [5.74, 6) is 2.34. The lowest BCUT2D eigenvalue weighted by Crippen LogP contribution is -2.52. The molecule has 1 amide bonds. The monoisotopic (exact) mass is 500 g/mol. The van der Waals surface area contributed by atoms with Crippen molar-refractivity contribution in [2.24, 2.45) is 5.92 Å². The summed E-state index contributed by atoms with van der Waals surface area (Å²) < 4.78 is 6.14. The van der Waals surface area contributed by atoms with Gasteiger partial charge in [0.05, 0.1) is 0 Å². The van der Waals surface area contributed by atoms with Crippen LogP contribution in [0.4, 0.5) is 0 Å². The van der Waals surface area contributed by atoms with Crippen molar-refractivity contribution in [1.82, 2.24) is 20.1 Å². The Morgan fingerprint density at radius 1 is 0.973 bits per heavy atom. The molecular weight excluding hydrogens is 460 g/mol. The number of H-pyrrole nitrogens is 1. The number of fused-ring (bicyclic) bond motifs is 2. The van der Waals surface area contributed by atoms with Crippen LogP contribution in [0.2, 0.25) is 0 Å². The molecule has 1 unspecified atom stereocenters. The predicted molar refractivity (Wildman–Crippen MR) is 148 cm³/mol. The van der Waals surface area contributed by atoms with E-state index in [9.17, 15) is 4.79 Å². The van der Waals surface area contributed by atoms with Crippen molar-refractivity contribution in [2.45, 2.75) is 64.0 Å². The summed E-state index contributed by atoms with van der Waals surface area (Å²) in [5, 5.41) is 4.22. The van der Waals surface area contributed by atoms with E-state index in [0.29, 0.717) is 5.69 Å². The third-order valence-corrected chi connectivity index (χ3v) is 8.76. The van der Waals surface area contributed by atoms with Gasteiger partial charge in [-0.05, 0) is 94.8 Å². The SMILES string of the molecule is Cc1ccc(Oc2cccc3[nH]c(C(=O)NC4CCN(C[C@@H]5CCCN6CCCCC56)CC4)cc23)cc1. The zero-order valence-corrected chi connectivity index (χ0v) is 22.0. The Hall–Kier alpha value is -2.83. The fourth-order valence-corrected chi connectivity index (χ4v) is 6.72. The van der Waals surface area contributed by atoms with Crippen molar-refractivity contribution in [3.8, 4) is 11.5 Å². The van der Waals surface area contributed by atoms with Gasteiger partial charge in [0.15, 0.2) is 0 Å². The van der Waals surface area contributed by atoms with E-state index in [1.54, 1.807) is 0 Å². The summed E-state index contributed by atoms with van der Waals surface area (Å²) in [6, 6.07) is 16.9. The van der Waals surface area contributed by atoms with Crippen molar-refractivity contribution < 1.29 is 9.53 Å². The smallest absolute Gasteiger partial charge is 0.267 e. The molecule has 3 fully saturated rings. The molecule has 1 aromatic heterocycles. The van der Waals surface area contributed by atoms with Gasteiger partial charge in [-0.15, -0.1) is 0 Å². The van der Waals surface area contributed by atoms with Gasteiger partial charge in [-0.2, -0.15) is 0 Å². The van der Waals surface area contributed by atoms with Crippen LogP contribution in [0.3, 0.4) is 0 Å². The van der Waals surface area contributed by atoms with Crippen LogP contribution in [0.15, 0.2) is 48.5 Å². The van der Waals surface area contributed by atoms with Gasteiger partial charge in [-0.25, -0.2) is 0 Å². The Morgan fingerprint density at radius 2 is 1.78 bits per heavy atom. The standard InChI is InChI=1S/C31H40N4O2/c1-22-10-12-25(13-11-22)37-30-9-4-7-27-26(30)20-28(33-27)31(36)32-24-14-18-34(19-15-24)21-23-6-5-17-35-16-3-2-8-29(23)35/h4,7,9-13,20,23-24,29,33H,2-3,5-6,8,14-19,21H2,1H3,(H,32,36)/t23-,29?/m0/s1. The number of piperidine rings is 3. The Balaban J connectivity index is 1.04. The van der Waals surface area contributed by atoms with E-state index in [2.05, 4.69) is 27.0 Å². The lowest BCUT2D eigenvalue weighted by atomic mass is 9.83. The summed E-state index contributed by atoms with van der Waals surface area (Å²) in [6.45, 7) is 8.07. The first-order valence-corrected chi connectivity index (χ1v) is 14.3. The summed E-state index contributed by atoms with van der Waals surface area (Å²) in [4.78, 5) is 21.9. The third-order valence-electron chi connectivity index (χ3n) is 8.76. The van der Waals surface area contributed by atoms with Crippen LogP contribution in [0.5, 0.6) is 11.5 Å². The highest BCUT2D eigenvalue weighted by molar-refractivity contribution is 5.99. The molecule has 37 heavy (non-hydrogen) atoms. The van der Waals surface area contributed by atoms with E-state index in [0.717, 1.165) is 60.3 Å². The van der Waals surface area contributed by atoms with Crippen LogP contribution in [0, 0.1) is 12.8 Å². The molecule has 3 aliphatic rings. The highest BCUT2D eigenvalue weighted by Gasteiger charge is 2.34. The number of amides is 1. The maximum absolute atomic E-state index is 13.1. The molecule has 3 aliphatic heterocycles. The number of benzene rings is 2. The molecule has 6 rings (SSSR count). The maximum atomic E-state index is 13.1. The van der Waals surface area contributed by atoms with Crippen LogP contribution in [-0.2, 0) is 0 Å². The first-order chi connectivity index (χ1) is 18.1. The van der Waals surface area contributed by atoms with Crippen LogP contribution >= 0.6 is 0 Å². The second-order valence-corrected chi connectivity index (χ2v) is 11.4. The van der Waals surface area contributed by atoms with Gasteiger partial charge in [-0.1, -0.05) is 30.2 Å². The molecule has 0 aliphatic carbocycles. The van der Waals surface area contributed by atoms with E-state index >= 15 is 0 Å². The lowest BCUT2D eigenvalue weighted by molar-refractivity contribution is 0.0351. The van der Waals surface area contributed by atoms with Gasteiger partial charge in [-0.3, -0.25) is 4.79 Å². The van der Waals surface area contributed by atoms with Crippen molar-refractivity contribution in [1.29, 1.82) is 0 Å². The molecule has 0 saturated carbocycles. The molecule has 6 nitrogen and oxygen atoms in total. The molecule has 2 N–H and O–H groups in total. The number of nitrogens with one attached hydrogen (secondary N) is 2. The van der Waals surface area contributed by atoms with Crippen molar-refractivity contribution in [2.75, 3.05) is 32.7 Å². The zero-order chi connectivity index (χ0) is 25.2. The Kier molecular flexibility index (Phi) is 7.21. The largest absolute Gasteiger partial charge is 0.457 e. The summed E-state index contributed by atoms with van der Waals surface area (Å²) in [5.41, 5.74) is 2.70. The zero-order valence-electron chi connectivity index (χ0n) is 22.0. The number of likely N-dealkylation sites (tertiary alicyclic amines) is 1. The van der Waals surface area contributed by atoms with Gasteiger partial charge in [0.2, 0.25) is 0 Å². The second-order valence-electron chi connectivity index (χ2n) is 11.4. The fraction of sp³-hybridized carbons (Fsp3) is 0.516. The van der Waals surface area contributed by atoms with Crippen LogP contribution in [0.25, 0.3) is 10.9 Å². The van der Waals surface area contributed by atoms with Crippen molar-refractivity contribution in [3.63, 3.8) is 0 Å². The lowest BCUT2D eigenvalue weighted by Gasteiger charge is -2.46. The topological polar surface area (TPSA) is 60.6 Å². The molecule has 0 bridgehead atoms. The average Bonchev–Trinajstić information content (AvgIpc) is 3.37. The highest BCUT2D eigenvalue weighted by Crippen LogP contribution is 2.33. The summed E-state index contributed by atoms with van der Waals surface area (Å²) in [7, 11) is 0. The predicted octanol–water partition coefficient (Wildman–Crippen LogP) is 5.73. The fourth-order valence-electron chi connectivity index (χ4n) is 6.72. The minimum absolute atomic E-state index is 0.0268. The number of ether oxygens (including phenoxy) is 1. The van der Waals surface area contributed by atoms with Crippen molar-refractivity contribution in [3.05, 3.63) is 59.8 Å². The van der Waals surface area contributed by atoms with Crippen molar-refractivity contribution >= 4 is 16.8 Å². The Labute approximate surface area is 220 Å². The van der Waals surface area contributed by atoms with Gasteiger partial charge >= 0.3 is 0 Å². The van der Waals surface area contributed by atoms with Gasteiger partial charge in [0, 0.05) is 42.6 Å². The number of rotatable bonds is 6. The molecule has 3 aromatic rings. The van der Waals surface area contributed by atoms with E-state index in [-0.39, 0.29) is 11.9 Å². The van der Waals surface area contributed by atoms with E-state index < -0.39 is 0 Å². The van der Waals surface area contributed by atoms with E-state index in [1.807, 2.05) is 48.5 Å². The molecule has 0 spiro atoms. The minimum atomic E-state index is -0.0268. The number of aromatic nitrogens is 1. The van der Waals surface area contributed by atoms with Gasteiger partial charge in [0.1, 0.15) is 17.2 Å². The number of carbonyl (C=O) groups is 1. The molecular formula is C31H40N4O2. The quantitative estimate of drug-likeness (QED) is 0.454. The molecule has 6 heteroatoms. The first-order valence-electron chi connectivity index (χ1n) is 14.3. The number of aromatic amines is 1. The molecule has 2 aromatic carbocycles. The van der Waals surface area contributed by atoms with Crippen LogP contribution in [0.1, 0.15) is 61.0 Å². The number of nitrogens with zero attached hydrogens (tertiary/aromatic N) is 2. The highest BCUT2D eigenvalue weighted by atomic mass is 16.5. The minimum Gasteiger partial charge on any atom is -0.457 e. The molecule has 0 radical (unpaired) electrons. The Bertz CT molecular complexity index is 1210. The maximum Gasteiger partial charge on any atom is 0.267 e. The molecule has 2 atom stereocenters. The average molecular weight is 501 g/mol.